The molecule has 7 nitrogen and oxygen atoms in total. The van der Waals surface area contributed by atoms with Crippen molar-refractivity contribution in [1.82, 2.24) is 9.55 Å². The second-order valence-corrected chi connectivity index (χ2v) is 8.65. The van der Waals surface area contributed by atoms with Crippen molar-refractivity contribution in [3.8, 4) is 11.5 Å². The number of carbonyl (C=O) groups is 1. The number of anilines is 1. The zero-order valence-corrected chi connectivity index (χ0v) is 19.3. The molecule has 1 aromatic heterocycles. The Labute approximate surface area is 190 Å². The highest BCUT2D eigenvalue weighted by Crippen LogP contribution is 2.41. The van der Waals surface area contributed by atoms with Gasteiger partial charge in [0.2, 0.25) is 5.91 Å². The van der Waals surface area contributed by atoms with Crippen molar-refractivity contribution in [2.75, 3.05) is 19.5 Å². The standard InChI is InChI=1S/C24H25N3O4S/c1-14-5-7-15(8-6-14)13-32-24-26-23(29)21-18(12-20(28)25-22(21)27(24)2)17-11-16(30-3)9-10-19(17)31-4/h5-11,18H,12-13H2,1-4H3,(H,25,28). The van der Waals surface area contributed by atoms with Gasteiger partial charge in [0, 0.05) is 30.7 Å². The van der Waals surface area contributed by atoms with Crippen LogP contribution in [-0.2, 0) is 17.6 Å². The van der Waals surface area contributed by atoms with Crippen LogP contribution in [0.2, 0.25) is 0 Å². The van der Waals surface area contributed by atoms with Gasteiger partial charge in [-0.15, -0.1) is 0 Å². The van der Waals surface area contributed by atoms with Crippen LogP contribution in [0.1, 0.15) is 34.6 Å². The predicted octanol–water partition coefficient (Wildman–Crippen LogP) is 3.87. The quantitative estimate of drug-likeness (QED) is 0.453. The number of aromatic nitrogens is 2. The third kappa shape index (κ3) is 4.23. The van der Waals surface area contributed by atoms with Crippen LogP contribution in [0.15, 0.2) is 52.4 Å². The summed E-state index contributed by atoms with van der Waals surface area (Å²) in [6, 6.07) is 13.6. The molecule has 166 valence electrons. The molecule has 32 heavy (non-hydrogen) atoms. The minimum absolute atomic E-state index is 0.128. The minimum Gasteiger partial charge on any atom is -0.497 e. The lowest BCUT2D eigenvalue weighted by Crippen LogP contribution is -2.33. The topological polar surface area (TPSA) is 82.4 Å². The molecule has 0 saturated heterocycles. The summed E-state index contributed by atoms with van der Waals surface area (Å²) < 4.78 is 12.7. The Morgan fingerprint density at radius 1 is 1.12 bits per heavy atom. The SMILES string of the molecule is COc1ccc(OC)c(C2CC(=O)Nc3c2c(=O)nc(SCc2ccc(C)cc2)n3C)c1. The van der Waals surface area contributed by atoms with Crippen molar-refractivity contribution in [1.29, 1.82) is 0 Å². The average Bonchev–Trinajstić information content (AvgIpc) is 2.80. The van der Waals surface area contributed by atoms with Gasteiger partial charge in [0.1, 0.15) is 17.3 Å². The third-order valence-corrected chi connectivity index (χ3v) is 6.70. The number of ether oxygens (including phenoxy) is 2. The van der Waals surface area contributed by atoms with E-state index in [0.717, 1.165) is 11.1 Å². The van der Waals surface area contributed by atoms with Gasteiger partial charge < -0.3 is 19.4 Å². The number of hydrogen-bond acceptors (Lipinski definition) is 6. The number of nitrogens with zero attached hydrogens (tertiary/aromatic N) is 2. The molecule has 0 radical (unpaired) electrons. The second-order valence-electron chi connectivity index (χ2n) is 7.71. The third-order valence-electron chi connectivity index (χ3n) is 5.60. The van der Waals surface area contributed by atoms with Gasteiger partial charge in [-0.05, 0) is 30.7 Å². The highest BCUT2D eigenvalue weighted by atomic mass is 32.2. The number of methoxy groups -OCH3 is 2. The average molecular weight is 452 g/mol. The number of fused-ring (bicyclic) bond motifs is 1. The fraction of sp³-hybridized carbons (Fsp3) is 0.292. The molecule has 4 rings (SSSR count). The van der Waals surface area contributed by atoms with E-state index in [1.807, 2.05) is 20.0 Å². The first-order valence-corrected chi connectivity index (χ1v) is 11.2. The Kier molecular flexibility index (Phi) is 6.23. The first-order chi connectivity index (χ1) is 15.4. The smallest absolute Gasteiger partial charge is 0.279 e. The molecule has 3 aromatic rings. The fourth-order valence-corrected chi connectivity index (χ4v) is 4.79. The predicted molar refractivity (Wildman–Crippen MR) is 125 cm³/mol. The molecule has 8 heteroatoms. The number of rotatable bonds is 6. The number of aryl methyl sites for hydroxylation is 1. The number of nitrogens with one attached hydrogen (secondary N) is 1. The van der Waals surface area contributed by atoms with Gasteiger partial charge in [0.25, 0.3) is 5.56 Å². The van der Waals surface area contributed by atoms with E-state index in [0.29, 0.717) is 33.8 Å². The molecule has 0 saturated carbocycles. The zero-order chi connectivity index (χ0) is 22.8. The van der Waals surface area contributed by atoms with E-state index >= 15 is 0 Å². The Morgan fingerprint density at radius 2 is 1.88 bits per heavy atom. The van der Waals surface area contributed by atoms with Crippen LogP contribution in [-0.4, -0.2) is 29.7 Å². The van der Waals surface area contributed by atoms with Gasteiger partial charge in [0.05, 0.1) is 19.8 Å². The monoisotopic (exact) mass is 451 g/mol. The number of amides is 1. The summed E-state index contributed by atoms with van der Waals surface area (Å²) in [5.41, 5.74) is 3.16. The molecule has 1 aliphatic heterocycles. The molecule has 0 aliphatic carbocycles. The van der Waals surface area contributed by atoms with Crippen molar-refractivity contribution in [2.24, 2.45) is 7.05 Å². The zero-order valence-electron chi connectivity index (χ0n) is 18.5. The number of carbonyl (C=O) groups excluding carboxylic acids is 1. The van der Waals surface area contributed by atoms with Gasteiger partial charge in [-0.25, -0.2) is 0 Å². The minimum atomic E-state index is -0.480. The summed E-state index contributed by atoms with van der Waals surface area (Å²) >= 11 is 1.46. The van der Waals surface area contributed by atoms with Crippen LogP contribution in [0.5, 0.6) is 11.5 Å². The van der Waals surface area contributed by atoms with Gasteiger partial charge in [-0.3, -0.25) is 9.59 Å². The van der Waals surface area contributed by atoms with Crippen LogP contribution >= 0.6 is 11.8 Å². The van der Waals surface area contributed by atoms with Crippen molar-refractivity contribution in [2.45, 2.75) is 30.2 Å². The van der Waals surface area contributed by atoms with E-state index in [1.165, 1.54) is 17.3 Å². The lowest BCUT2D eigenvalue weighted by molar-refractivity contribution is -0.116. The van der Waals surface area contributed by atoms with Crippen LogP contribution < -0.4 is 20.3 Å². The molecule has 1 aliphatic rings. The first kappa shape index (κ1) is 22.0. The van der Waals surface area contributed by atoms with Gasteiger partial charge in [0.15, 0.2) is 5.16 Å². The van der Waals surface area contributed by atoms with Crippen LogP contribution in [0.4, 0.5) is 5.82 Å². The van der Waals surface area contributed by atoms with Crippen LogP contribution in [0, 0.1) is 6.92 Å². The maximum absolute atomic E-state index is 13.2. The summed E-state index contributed by atoms with van der Waals surface area (Å²) in [5.74, 6) is 1.72. The number of hydrogen-bond donors (Lipinski definition) is 1. The van der Waals surface area contributed by atoms with Gasteiger partial charge in [-0.2, -0.15) is 4.98 Å². The highest BCUT2D eigenvalue weighted by molar-refractivity contribution is 7.98. The second kappa shape index (κ2) is 9.08. The Morgan fingerprint density at radius 3 is 2.56 bits per heavy atom. The molecular formula is C24H25N3O4S. The van der Waals surface area contributed by atoms with E-state index in [1.54, 1.807) is 30.9 Å². The lowest BCUT2D eigenvalue weighted by atomic mass is 9.86. The lowest BCUT2D eigenvalue weighted by Gasteiger charge is -2.28. The van der Waals surface area contributed by atoms with Gasteiger partial charge >= 0.3 is 0 Å². The molecule has 0 bridgehead atoms. The molecular weight excluding hydrogens is 426 g/mol. The van der Waals surface area contributed by atoms with E-state index in [-0.39, 0.29) is 17.9 Å². The van der Waals surface area contributed by atoms with Crippen molar-refractivity contribution >= 4 is 23.5 Å². The summed E-state index contributed by atoms with van der Waals surface area (Å²) in [6.07, 6.45) is 0.128. The van der Waals surface area contributed by atoms with Crippen molar-refractivity contribution < 1.29 is 14.3 Å². The van der Waals surface area contributed by atoms with Crippen LogP contribution in [0.25, 0.3) is 0 Å². The maximum Gasteiger partial charge on any atom is 0.279 e. The summed E-state index contributed by atoms with van der Waals surface area (Å²) in [6.45, 7) is 2.04. The summed E-state index contributed by atoms with van der Waals surface area (Å²) in [5, 5.41) is 3.43. The van der Waals surface area contributed by atoms with E-state index in [9.17, 15) is 9.59 Å². The molecule has 0 fully saturated rings. The molecule has 1 atom stereocenters. The van der Waals surface area contributed by atoms with E-state index in [4.69, 9.17) is 9.47 Å². The molecule has 2 heterocycles. The number of thioether (sulfide) groups is 1. The molecule has 1 unspecified atom stereocenters. The molecule has 1 N–H and O–H groups in total. The van der Waals surface area contributed by atoms with Crippen molar-refractivity contribution in [3.63, 3.8) is 0 Å². The fourth-order valence-electron chi connectivity index (χ4n) is 3.87. The van der Waals surface area contributed by atoms with E-state index < -0.39 is 5.92 Å². The van der Waals surface area contributed by atoms with Crippen molar-refractivity contribution in [3.05, 3.63) is 75.1 Å². The van der Waals surface area contributed by atoms with E-state index in [2.05, 4.69) is 34.6 Å². The first-order valence-electron chi connectivity index (χ1n) is 10.2. The maximum atomic E-state index is 13.2. The Hall–Kier alpha value is -3.26. The highest BCUT2D eigenvalue weighted by Gasteiger charge is 2.34. The summed E-state index contributed by atoms with van der Waals surface area (Å²) in [4.78, 5) is 30.2. The Balaban J connectivity index is 1.75. The van der Waals surface area contributed by atoms with Gasteiger partial charge in [-0.1, -0.05) is 41.6 Å². The largest absolute Gasteiger partial charge is 0.497 e. The molecule has 2 aromatic carbocycles. The van der Waals surface area contributed by atoms with Crippen LogP contribution in [0.3, 0.4) is 0 Å². The number of benzene rings is 2. The Bertz CT molecular complexity index is 1220. The summed E-state index contributed by atoms with van der Waals surface area (Å²) in [7, 11) is 4.95. The molecule has 0 spiro atoms. The normalized spacial score (nSPS) is 15.1. The molecule has 1 amide bonds.